The Hall–Kier alpha value is -2.68. The van der Waals surface area contributed by atoms with Gasteiger partial charge in [-0.15, -0.1) is 11.3 Å². The predicted molar refractivity (Wildman–Crippen MR) is 124 cm³/mol. The summed E-state index contributed by atoms with van der Waals surface area (Å²) in [6.07, 6.45) is 6.47. The van der Waals surface area contributed by atoms with E-state index in [-0.39, 0.29) is 12.2 Å². The second-order valence-electron chi connectivity index (χ2n) is 7.50. The molecule has 3 rings (SSSR count). The lowest BCUT2D eigenvalue weighted by Crippen LogP contribution is -2.35. The van der Waals surface area contributed by atoms with E-state index in [0.717, 1.165) is 38.7 Å². The van der Waals surface area contributed by atoms with Gasteiger partial charge in [-0.25, -0.2) is 9.13 Å². The number of carboxylic acid groups (broad SMARTS) is 1. The first-order valence-corrected chi connectivity index (χ1v) is 11.7. The molecule has 0 fully saturated rings. The van der Waals surface area contributed by atoms with Crippen molar-refractivity contribution in [3.05, 3.63) is 71.4 Å². The number of rotatable bonds is 11. The quantitative estimate of drug-likeness (QED) is 0.430. The first-order chi connectivity index (χ1) is 15.4. The highest BCUT2D eigenvalue weighted by Crippen LogP contribution is 2.26. The second kappa shape index (κ2) is 13.7. The van der Waals surface area contributed by atoms with Gasteiger partial charge in [0.05, 0.1) is 24.7 Å². The van der Waals surface area contributed by atoms with E-state index in [1.54, 1.807) is 11.3 Å². The molecule has 0 aliphatic carbocycles. The minimum Gasteiger partial charge on any atom is -0.547 e. The summed E-state index contributed by atoms with van der Waals surface area (Å²) < 4.78 is 10.7. The Kier molecular flexibility index (Phi) is 10.9. The molecule has 0 saturated heterocycles. The van der Waals surface area contributed by atoms with Crippen molar-refractivity contribution in [2.75, 3.05) is 11.9 Å². The number of carboxylic acids is 1. The molecule has 2 heterocycles. The third-order valence-corrected chi connectivity index (χ3v) is 5.73. The van der Waals surface area contributed by atoms with Gasteiger partial charge in [-0.1, -0.05) is 31.2 Å². The maximum absolute atomic E-state index is 9.34. The summed E-state index contributed by atoms with van der Waals surface area (Å²) in [5, 5.41) is 22.9. The molecule has 8 heteroatoms. The molecule has 3 unspecified atom stereocenters. The highest BCUT2D eigenvalue weighted by atomic mass is 32.1. The van der Waals surface area contributed by atoms with E-state index in [4.69, 9.17) is 9.84 Å². The number of nitrogens with zero attached hydrogens (tertiary/aromatic N) is 2. The molecule has 0 saturated carbocycles. The number of hydrogen-bond acceptors (Lipinski definition) is 6. The molecule has 2 N–H and O–H groups in total. The first kappa shape index (κ1) is 25.6. The molecule has 2 aromatic heterocycles. The van der Waals surface area contributed by atoms with Gasteiger partial charge in [0.25, 0.3) is 0 Å². The Balaban J connectivity index is 0.000000534. The number of ether oxygens (including phenoxy) is 1. The number of anilines is 1. The van der Waals surface area contributed by atoms with Crippen molar-refractivity contribution in [3.8, 4) is 0 Å². The maximum Gasteiger partial charge on any atom is 0.243 e. The van der Waals surface area contributed by atoms with Crippen LogP contribution in [-0.2, 0) is 22.6 Å². The van der Waals surface area contributed by atoms with E-state index in [2.05, 4.69) is 76.7 Å². The van der Waals surface area contributed by atoms with E-state index in [0.29, 0.717) is 0 Å². The van der Waals surface area contributed by atoms with Gasteiger partial charge in [-0.2, -0.15) is 0 Å². The lowest BCUT2D eigenvalue weighted by Gasteiger charge is -2.19. The minimum absolute atomic E-state index is 0.105. The number of aliphatic hydroxyl groups excluding tert-OH is 1. The fourth-order valence-electron chi connectivity index (χ4n) is 2.81. The normalized spacial score (nSPS) is 13.5. The van der Waals surface area contributed by atoms with E-state index in [9.17, 15) is 9.90 Å². The summed E-state index contributed by atoms with van der Waals surface area (Å²) in [5.41, 5.74) is 1.16. The van der Waals surface area contributed by atoms with E-state index in [1.807, 2.05) is 18.2 Å². The van der Waals surface area contributed by atoms with Crippen LogP contribution in [0.25, 0.3) is 0 Å². The molecule has 3 aromatic rings. The van der Waals surface area contributed by atoms with Crippen LogP contribution in [0, 0.1) is 0 Å². The van der Waals surface area contributed by atoms with Gasteiger partial charge in [0.1, 0.15) is 31.6 Å². The number of aliphatic carboxylic acids is 1. The van der Waals surface area contributed by atoms with Gasteiger partial charge in [-0.3, -0.25) is 0 Å². The largest absolute Gasteiger partial charge is 0.547 e. The van der Waals surface area contributed by atoms with Crippen LogP contribution < -0.4 is 15.0 Å². The van der Waals surface area contributed by atoms with Crippen molar-refractivity contribution < 1.29 is 24.3 Å². The van der Waals surface area contributed by atoms with Crippen molar-refractivity contribution >= 4 is 23.0 Å². The Morgan fingerprint density at radius 2 is 1.97 bits per heavy atom. The van der Waals surface area contributed by atoms with E-state index < -0.39 is 12.1 Å². The molecule has 0 aliphatic heterocycles. The molecular formula is C24H33N3O4S. The van der Waals surface area contributed by atoms with Gasteiger partial charge in [0, 0.05) is 10.6 Å². The van der Waals surface area contributed by atoms with Gasteiger partial charge in [-0.05, 0) is 43.8 Å². The van der Waals surface area contributed by atoms with Crippen molar-refractivity contribution in [3.63, 3.8) is 0 Å². The van der Waals surface area contributed by atoms with Crippen LogP contribution in [0.5, 0.6) is 0 Å². The number of para-hydroxylation sites is 1. The van der Waals surface area contributed by atoms with Crippen molar-refractivity contribution in [1.29, 1.82) is 0 Å². The van der Waals surface area contributed by atoms with Crippen molar-refractivity contribution in [1.82, 2.24) is 4.57 Å². The molecule has 0 spiro atoms. The number of aliphatic hydroxyl groups is 1. The van der Waals surface area contributed by atoms with Gasteiger partial charge in [0.15, 0.2) is 0 Å². The smallest absolute Gasteiger partial charge is 0.243 e. The summed E-state index contributed by atoms with van der Waals surface area (Å²) in [6.45, 7) is 8.11. The summed E-state index contributed by atoms with van der Waals surface area (Å²) in [6, 6.07) is 14.6. The Labute approximate surface area is 193 Å². The zero-order valence-corrected chi connectivity index (χ0v) is 19.7. The van der Waals surface area contributed by atoms with Gasteiger partial charge in [0.2, 0.25) is 6.33 Å². The summed E-state index contributed by atoms with van der Waals surface area (Å²) >= 11 is 1.77. The Bertz CT molecular complexity index is 897. The zero-order chi connectivity index (χ0) is 23.3. The topological polar surface area (TPSA) is 90.4 Å². The number of benzene rings is 1. The first-order valence-electron chi connectivity index (χ1n) is 10.8. The second-order valence-corrected chi connectivity index (χ2v) is 8.47. The van der Waals surface area contributed by atoms with Crippen LogP contribution in [0.15, 0.2) is 66.6 Å². The van der Waals surface area contributed by atoms with Crippen molar-refractivity contribution in [2.24, 2.45) is 0 Å². The SMILES string of the molecule is CC(O)C(=O)[O-].CCC(C)OC(Cn1cc[n+](CCNc2ccccc2)c1)c1cccs1. The standard InChI is InChI=1S/C21H28N3OS.C3H6O3/c1-3-18(2)25-20(21-10-7-15-26-21)16-24-14-13-23(17-24)12-11-22-19-8-5-4-6-9-19;1-2(4)3(5)6/h4-10,13-15,17-18,20,22H,3,11-12,16H2,1-2H3;2,4H,1H3,(H,5,6)/q+1;/p-1. The predicted octanol–water partition coefficient (Wildman–Crippen LogP) is 2.62. The zero-order valence-electron chi connectivity index (χ0n) is 18.9. The number of carbonyl (C=O) groups is 1. The molecular weight excluding hydrogens is 426 g/mol. The van der Waals surface area contributed by atoms with Crippen LogP contribution in [-0.4, -0.2) is 34.4 Å². The molecule has 0 radical (unpaired) electrons. The monoisotopic (exact) mass is 459 g/mol. The van der Waals surface area contributed by atoms with Crippen LogP contribution >= 0.6 is 11.3 Å². The maximum atomic E-state index is 9.34. The molecule has 174 valence electrons. The minimum atomic E-state index is -1.44. The molecule has 0 aliphatic rings. The summed E-state index contributed by atoms with van der Waals surface area (Å²) in [7, 11) is 0. The fraction of sp³-hybridized carbons (Fsp3) is 0.417. The number of carbonyl (C=O) groups excluding carboxylic acids is 1. The van der Waals surface area contributed by atoms with Crippen LogP contribution in [0.4, 0.5) is 5.69 Å². The highest BCUT2D eigenvalue weighted by molar-refractivity contribution is 7.10. The average Bonchev–Trinajstić information content (AvgIpc) is 3.47. The highest BCUT2D eigenvalue weighted by Gasteiger charge is 2.19. The fourth-order valence-corrected chi connectivity index (χ4v) is 3.56. The van der Waals surface area contributed by atoms with Gasteiger partial charge < -0.3 is 25.1 Å². The van der Waals surface area contributed by atoms with Gasteiger partial charge >= 0.3 is 0 Å². The lowest BCUT2D eigenvalue weighted by atomic mass is 10.2. The summed E-state index contributed by atoms with van der Waals surface area (Å²) in [4.78, 5) is 10.6. The number of aromatic nitrogens is 2. The third-order valence-electron chi connectivity index (χ3n) is 4.77. The number of thiophene rings is 1. The lowest BCUT2D eigenvalue weighted by molar-refractivity contribution is -0.693. The molecule has 7 nitrogen and oxygen atoms in total. The Morgan fingerprint density at radius 3 is 2.56 bits per heavy atom. The van der Waals surface area contributed by atoms with Crippen molar-refractivity contribution in [2.45, 2.75) is 58.6 Å². The van der Waals surface area contributed by atoms with Crippen LogP contribution in [0.3, 0.4) is 0 Å². The van der Waals surface area contributed by atoms with Crippen LogP contribution in [0.1, 0.15) is 38.2 Å². The molecule has 3 atom stereocenters. The Morgan fingerprint density at radius 1 is 1.25 bits per heavy atom. The number of hydrogen-bond donors (Lipinski definition) is 2. The summed E-state index contributed by atoms with van der Waals surface area (Å²) in [5.74, 6) is -1.44. The number of imidazole rings is 1. The molecule has 32 heavy (non-hydrogen) atoms. The molecule has 0 amide bonds. The number of nitrogens with one attached hydrogen (secondary N) is 1. The van der Waals surface area contributed by atoms with Crippen LogP contribution in [0.2, 0.25) is 0 Å². The van der Waals surface area contributed by atoms with E-state index in [1.165, 1.54) is 4.88 Å². The third kappa shape index (κ3) is 9.21. The molecule has 0 bridgehead atoms. The average molecular weight is 460 g/mol. The molecule has 1 aromatic carbocycles. The van der Waals surface area contributed by atoms with E-state index >= 15 is 0 Å².